The summed E-state index contributed by atoms with van der Waals surface area (Å²) in [6.45, 7) is 2.97. The molecular weight excluding hydrogens is 160 g/mol. The van der Waals surface area contributed by atoms with E-state index in [0.717, 1.165) is 0 Å². The minimum Gasteiger partial charge on any atom is -0.390 e. The van der Waals surface area contributed by atoms with Gasteiger partial charge >= 0.3 is 5.97 Å². The highest BCUT2D eigenvalue weighted by atomic mass is 16.5. The van der Waals surface area contributed by atoms with Gasteiger partial charge in [0, 0.05) is 5.57 Å². The van der Waals surface area contributed by atoms with Crippen LogP contribution in [0.15, 0.2) is 11.6 Å². The molecule has 0 aromatic rings. The minimum absolute atomic E-state index is 0.222. The van der Waals surface area contributed by atoms with Gasteiger partial charge < -0.3 is 15.6 Å². The van der Waals surface area contributed by atoms with E-state index in [2.05, 4.69) is 4.74 Å². The van der Waals surface area contributed by atoms with Gasteiger partial charge in [-0.05, 0) is 19.9 Å². The Morgan fingerprint density at radius 2 is 2.25 bits per heavy atom. The van der Waals surface area contributed by atoms with E-state index in [4.69, 9.17) is 16.2 Å². The maximum Gasteiger partial charge on any atom is 0.341 e. The quantitative estimate of drug-likeness (QED) is 0.231. The average Bonchev–Trinajstić information content (AvgIpc) is 1.84. The summed E-state index contributed by atoms with van der Waals surface area (Å²) in [6.07, 6.45) is 0.593. The molecule has 0 aromatic carbocycles. The molecule has 0 bridgehead atoms. The molecule has 0 rings (SSSR count). The second-order valence-electron chi connectivity index (χ2n) is 2.34. The molecule has 1 unspecified atom stereocenters. The molecule has 5 heteroatoms. The Morgan fingerprint density at radius 1 is 1.75 bits per heavy atom. The molecule has 0 saturated heterocycles. The number of nitrogens with one attached hydrogen (secondary N) is 1. The first-order chi connectivity index (χ1) is 5.43. The fraction of sp³-hybridized carbons (Fsp3) is 0.429. The third kappa shape index (κ3) is 4.45. The van der Waals surface area contributed by atoms with Crippen LogP contribution in [0.5, 0.6) is 0 Å². The van der Waals surface area contributed by atoms with Crippen LogP contribution in [0.25, 0.3) is 0 Å². The Hall–Kier alpha value is -1.36. The minimum atomic E-state index is -0.719. The highest BCUT2D eigenvalue weighted by Gasteiger charge is 2.07. The van der Waals surface area contributed by atoms with Crippen LogP contribution >= 0.6 is 0 Å². The van der Waals surface area contributed by atoms with Crippen LogP contribution in [0.3, 0.4) is 0 Å². The molecule has 0 aliphatic heterocycles. The Bertz CT molecular complexity index is 221. The van der Waals surface area contributed by atoms with E-state index in [1.165, 1.54) is 19.9 Å². The largest absolute Gasteiger partial charge is 0.390 e. The van der Waals surface area contributed by atoms with Crippen molar-refractivity contribution in [2.24, 2.45) is 5.73 Å². The first kappa shape index (κ1) is 10.6. The molecule has 0 amide bonds. The van der Waals surface area contributed by atoms with Gasteiger partial charge in [-0.1, -0.05) is 0 Å². The van der Waals surface area contributed by atoms with Crippen molar-refractivity contribution in [2.45, 2.75) is 20.0 Å². The molecule has 0 heterocycles. The number of ether oxygens (including phenoxy) is 1. The van der Waals surface area contributed by atoms with Crippen LogP contribution in [-0.4, -0.2) is 23.2 Å². The lowest BCUT2D eigenvalue weighted by molar-refractivity contribution is -0.131. The molecule has 0 aromatic heterocycles. The van der Waals surface area contributed by atoms with Crippen molar-refractivity contribution >= 4 is 12.0 Å². The number of carbonyl (C=O) groups excluding carboxylic acids is 1. The number of rotatable bonds is 2. The Labute approximate surface area is 70.3 Å². The molecule has 4 N–H and O–H groups in total. The molecule has 68 valence electrons. The Kier molecular flexibility index (Phi) is 3.99. The fourth-order valence-corrected chi connectivity index (χ4v) is 0.610. The predicted octanol–water partition coefficient (Wildman–Crippen LogP) is -0.250. The van der Waals surface area contributed by atoms with Crippen molar-refractivity contribution in [2.75, 3.05) is 0 Å². The van der Waals surface area contributed by atoms with Gasteiger partial charge in [0.1, 0.15) is 0 Å². The lowest BCUT2D eigenvalue weighted by atomic mass is 10.2. The van der Waals surface area contributed by atoms with E-state index in [-0.39, 0.29) is 5.57 Å². The summed E-state index contributed by atoms with van der Waals surface area (Å²) in [4.78, 5) is 10.9. The second-order valence-corrected chi connectivity index (χ2v) is 2.34. The molecule has 0 fully saturated rings. The number of nitrogens with two attached hydrogens (primary N) is 1. The van der Waals surface area contributed by atoms with Gasteiger partial charge in [-0.15, -0.1) is 0 Å². The zero-order chi connectivity index (χ0) is 9.72. The van der Waals surface area contributed by atoms with E-state index in [0.29, 0.717) is 0 Å². The summed E-state index contributed by atoms with van der Waals surface area (Å²) in [5.74, 6) is -0.719. The van der Waals surface area contributed by atoms with Gasteiger partial charge in [-0.25, -0.2) is 4.79 Å². The molecule has 1 atom stereocenters. The first-order valence-corrected chi connectivity index (χ1v) is 3.36. The maximum absolute atomic E-state index is 10.9. The van der Waals surface area contributed by atoms with Crippen LogP contribution in [0, 0.1) is 5.41 Å². The number of aliphatic hydroxyl groups excluding tert-OH is 1. The van der Waals surface area contributed by atoms with Crippen LogP contribution in [0.4, 0.5) is 0 Å². The average molecular weight is 172 g/mol. The molecule has 0 aliphatic rings. The molecular formula is C7H12N2O3. The molecule has 0 saturated carbocycles. The van der Waals surface area contributed by atoms with Gasteiger partial charge in [0.05, 0.1) is 6.10 Å². The van der Waals surface area contributed by atoms with E-state index in [9.17, 15) is 4.79 Å². The maximum atomic E-state index is 10.9. The van der Waals surface area contributed by atoms with Gasteiger partial charge in [0.15, 0.2) is 0 Å². The molecule has 0 radical (unpaired) electrons. The van der Waals surface area contributed by atoms with Crippen molar-refractivity contribution in [3.63, 3.8) is 0 Å². The number of hydrogen-bond acceptors (Lipinski definition) is 4. The van der Waals surface area contributed by atoms with Crippen LogP contribution in [0.2, 0.25) is 0 Å². The topological polar surface area (TPSA) is 96.4 Å². The van der Waals surface area contributed by atoms with Crippen LogP contribution in [-0.2, 0) is 9.53 Å². The first-order valence-electron chi connectivity index (χ1n) is 3.36. The lowest BCUT2D eigenvalue weighted by Gasteiger charge is -2.02. The predicted molar refractivity (Wildman–Crippen MR) is 43.4 cm³/mol. The van der Waals surface area contributed by atoms with E-state index >= 15 is 0 Å². The standard InChI is InChI=1S/C7H12N2O3/c1-4(3-5(2)10)6(11)12-7(8)9/h3,5,10H,1-2H3,(H3,8,9)/b4-3+. The number of hydrogen-bond donors (Lipinski definition) is 3. The van der Waals surface area contributed by atoms with E-state index in [1.807, 2.05) is 0 Å². The zero-order valence-corrected chi connectivity index (χ0v) is 7.00. The normalized spacial score (nSPS) is 13.8. The SMILES string of the molecule is C/C(=C\C(C)O)C(=O)OC(=N)N. The van der Waals surface area contributed by atoms with Crippen LogP contribution < -0.4 is 5.73 Å². The monoisotopic (exact) mass is 172 g/mol. The smallest absolute Gasteiger partial charge is 0.341 e. The third-order valence-corrected chi connectivity index (χ3v) is 1.02. The Balaban J connectivity index is 4.19. The molecule has 5 nitrogen and oxygen atoms in total. The number of amidine groups is 1. The van der Waals surface area contributed by atoms with Gasteiger partial charge in [0.25, 0.3) is 6.02 Å². The van der Waals surface area contributed by atoms with Gasteiger partial charge in [0.2, 0.25) is 0 Å². The second kappa shape index (κ2) is 4.50. The fourth-order valence-electron chi connectivity index (χ4n) is 0.610. The van der Waals surface area contributed by atoms with E-state index < -0.39 is 18.1 Å². The van der Waals surface area contributed by atoms with E-state index in [1.54, 1.807) is 0 Å². The lowest BCUT2D eigenvalue weighted by Crippen LogP contribution is -2.20. The summed E-state index contributed by atoms with van der Waals surface area (Å²) in [5, 5.41) is 15.5. The van der Waals surface area contributed by atoms with Gasteiger partial charge in [-0.3, -0.25) is 5.41 Å². The summed E-state index contributed by atoms with van der Waals surface area (Å²) in [6, 6.07) is -0.654. The summed E-state index contributed by atoms with van der Waals surface area (Å²) in [5.41, 5.74) is 5.03. The molecule has 0 aliphatic carbocycles. The van der Waals surface area contributed by atoms with Crippen molar-refractivity contribution in [3.05, 3.63) is 11.6 Å². The van der Waals surface area contributed by atoms with Crippen molar-refractivity contribution in [1.82, 2.24) is 0 Å². The summed E-state index contributed by atoms with van der Waals surface area (Å²) in [7, 11) is 0. The third-order valence-electron chi connectivity index (χ3n) is 1.02. The highest BCUT2D eigenvalue weighted by molar-refractivity contribution is 5.95. The summed E-state index contributed by atoms with van der Waals surface area (Å²) < 4.78 is 4.26. The van der Waals surface area contributed by atoms with Crippen molar-refractivity contribution < 1.29 is 14.6 Å². The van der Waals surface area contributed by atoms with Crippen molar-refractivity contribution in [1.29, 1.82) is 5.41 Å². The zero-order valence-electron chi connectivity index (χ0n) is 7.00. The molecule has 0 spiro atoms. The highest BCUT2D eigenvalue weighted by Crippen LogP contribution is 1.98. The van der Waals surface area contributed by atoms with Crippen molar-refractivity contribution in [3.8, 4) is 0 Å². The number of carbonyl (C=O) groups is 1. The number of esters is 1. The Morgan fingerprint density at radius 3 is 2.58 bits per heavy atom. The number of aliphatic hydroxyl groups is 1. The van der Waals surface area contributed by atoms with Crippen LogP contribution in [0.1, 0.15) is 13.8 Å². The molecule has 12 heavy (non-hydrogen) atoms. The van der Waals surface area contributed by atoms with Gasteiger partial charge in [-0.2, -0.15) is 0 Å². The summed E-state index contributed by atoms with van der Waals surface area (Å²) >= 11 is 0.